The van der Waals surface area contributed by atoms with Crippen molar-refractivity contribution in [3.05, 3.63) is 0 Å². The molecule has 0 aromatic heterocycles. The van der Waals surface area contributed by atoms with E-state index in [4.69, 9.17) is 22.2 Å². The van der Waals surface area contributed by atoms with E-state index in [2.05, 4.69) is 0 Å². The van der Waals surface area contributed by atoms with Crippen molar-refractivity contribution < 1.29 is 56.3 Å². The Labute approximate surface area is 84.7 Å². The van der Waals surface area contributed by atoms with Crippen LogP contribution >= 0.6 is 0 Å². The van der Waals surface area contributed by atoms with Gasteiger partial charge in [0.2, 0.25) is 0 Å². The minimum Gasteiger partial charge on any atom is 0 e. The van der Waals surface area contributed by atoms with Crippen molar-refractivity contribution in [2.75, 3.05) is 0 Å². The van der Waals surface area contributed by atoms with Gasteiger partial charge in [-0.1, -0.05) is 0 Å². The maximum atomic E-state index is 9.00. The second kappa shape index (κ2) is 16.5. The van der Waals surface area contributed by atoms with Crippen molar-refractivity contribution >= 4 is 21.6 Å². The molecule has 72 valence electrons. The van der Waals surface area contributed by atoms with Gasteiger partial charge in [-0.05, 0) is 0 Å². The zero-order chi connectivity index (χ0) is 7.15. The van der Waals surface area contributed by atoms with E-state index in [1.807, 2.05) is 0 Å². The molecule has 4 N–H and O–H groups in total. The Bertz CT molecular complexity index is 61.9. The minimum absolute atomic E-state index is 0. The number of rotatable bonds is 0. The van der Waals surface area contributed by atoms with Gasteiger partial charge in [0.25, 0.3) is 5.97 Å². The van der Waals surface area contributed by atoms with Crippen LogP contribution in [-0.2, 0) is 38.9 Å². The van der Waals surface area contributed by atoms with E-state index in [0.717, 1.165) is 6.92 Å². The molecule has 0 aromatic carbocycles. The Balaban J connectivity index is -0.0000000300. The van der Waals surface area contributed by atoms with Crippen LogP contribution in [0.3, 0.4) is 0 Å². The van der Waals surface area contributed by atoms with Crippen LogP contribution in [0.5, 0.6) is 0 Å². The SMILES string of the molecule is CC(=O)O.O[As](O)O.[Cu].[Cu]. The van der Waals surface area contributed by atoms with Crippen LogP contribution in [0.1, 0.15) is 6.92 Å². The third-order valence-electron chi connectivity index (χ3n) is 0. The summed E-state index contributed by atoms with van der Waals surface area (Å²) in [4.78, 5) is 9.00. The zero-order valence-electron chi connectivity index (χ0n) is 4.75. The number of carboxylic acid groups (broad SMARTS) is 1. The average Bonchev–Trinajstić information content (AvgIpc) is 1.25. The third-order valence-corrected chi connectivity index (χ3v) is 0. The second-order valence-electron chi connectivity index (χ2n) is 0.787. The van der Waals surface area contributed by atoms with Crippen LogP contribution in [0, 0.1) is 0 Å². The molecule has 0 aliphatic rings. The Morgan fingerprint density at radius 1 is 1.20 bits per heavy atom. The van der Waals surface area contributed by atoms with Gasteiger partial charge in [0.15, 0.2) is 0 Å². The van der Waals surface area contributed by atoms with E-state index >= 15 is 0 Å². The number of aliphatic carboxylic acids is 1. The maximum absolute atomic E-state index is 9.00. The number of carboxylic acids is 1. The predicted octanol–water partition coefficient (Wildman–Crippen LogP) is -1.97. The minimum atomic E-state index is -3.19. The maximum Gasteiger partial charge on any atom is 0 e. The Hall–Kier alpha value is 0.947. The van der Waals surface area contributed by atoms with Gasteiger partial charge >= 0.3 is 28.0 Å². The molecule has 10 heavy (non-hydrogen) atoms. The summed E-state index contributed by atoms with van der Waals surface area (Å²) in [5.41, 5.74) is 0. The Morgan fingerprint density at radius 2 is 1.20 bits per heavy atom. The molecule has 0 amide bonds. The van der Waals surface area contributed by atoms with E-state index in [-0.39, 0.29) is 34.1 Å². The molecule has 0 saturated heterocycles. The van der Waals surface area contributed by atoms with Gasteiger partial charge in [-0.15, -0.1) is 0 Å². The summed E-state index contributed by atoms with van der Waals surface area (Å²) in [7, 11) is 0. The van der Waals surface area contributed by atoms with Crippen molar-refractivity contribution in [3.8, 4) is 0 Å². The first-order valence-electron chi connectivity index (χ1n) is 1.53. The molecule has 8 heteroatoms. The molecule has 0 bridgehead atoms. The molecule has 0 aliphatic carbocycles. The summed E-state index contributed by atoms with van der Waals surface area (Å²) in [5, 5.41) is 7.42. The summed E-state index contributed by atoms with van der Waals surface area (Å²) in [6, 6.07) is 0. The Kier molecular flexibility index (Phi) is 37.0. The average molecular weight is 313 g/mol. The standard InChI is InChI=1S/C2H4O2.AsH3O3.2Cu/c1-2(3)4;2-1(3)4;;/h1H3,(H,3,4);2-4H;;. The quantitative estimate of drug-likeness (QED) is 0.389. The second-order valence-corrected chi connectivity index (χ2v) is 1.91. The van der Waals surface area contributed by atoms with Crippen molar-refractivity contribution in [3.63, 3.8) is 0 Å². The van der Waals surface area contributed by atoms with Crippen molar-refractivity contribution in [1.82, 2.24) is 0 Å². The molecular weight excluding hydrogens is 306 g/mol. The van der Waals surface area contributed by atoms with Gasteiger partial charge in [-0.25, -0.2) is 0 Å². The summed E-state index contributed by atoms with van der Waals surface area (Å²) < 4.78 is 21.9. The van der Waals surface area contributed by atoms with Gasteiger partial charge < -0.3 is 5.11 Å². The van der Waals surface area contributed by atoms with Gasteiger partial charge in [-0.2, -0.15) is 0 Å². The first-order chi connectivity index (χ1) is 3.46. The van der Waals surface area contributed by atoms with E-state index in [9.17, 15) is 0 Å². The monoisotopic (exact) mass is 312 g/mol. The molecule has 5 nitrogen and oxygen atoms in total. The van der Waals surface area contributed by atoms with E-state index in [1.54, 1.807) is 0 Å². The first kappa shape index (κ1) is 22.4. The normalized spacial score (nSPS) is 6.10. The van der Waals surface area contributed by atoms with Crippen LogP contribution in [0.25, 0.3) is 0 Å². The summed E-state index contributed by atoms with van der Waals surface area (Å²) in [6.45, 7) is 1.08. The molecule has 0 spiro atoms. The van der Waals surface area contributed by atoms with Crippen molar-refractivity contribution in [2.24, 2.45) is 0 Å². The van der Waals surface area contributed by atoms with E-state index < -0.39 is 21.6 Å². The molecule has 2 radical (unpaired) electrons. The number of carbonyl (C=O) groups is 1. The fraction of sp³-hybridized carbons (Fsp3) is 0.500. The van der Waals surface area contributed by atoms with Crippen LogP contribution in [0.15, 0.2) is 0 Å². The zero-order valence-corrected chi connectivity index (χ0v) is 8.51. The van der Waals surface area contributed by atoms with Gasteiger partial charge in [0, 0.05) is 41.1 Å². The van der Waals surface area contributed by atoms with Gasteiger partial charge in [0.05, 0.1) is 0 Å². The van der Waals surface area contributed by atoms with Crippen molar-refractivity contribution in [2.45, 2.75) is 6.92 Å². The molecule has 0 unspecified atom stereocenters. The van der Waals surface area contributed by atoms with E-state index in [0.29, 0.717) is 0 Å². The number of hydrogen-bond acceptors (Lipinski definition) is 4. The largest absolute Gasteiger partial charge is 0 e. The van der Waals surface area contributed by atoms with Crippen LogP contribution in [0.2, 0.25) is 0 Å². The van der Waals surface area contributed by atoms with Crippen molar-refractivity contribution in [1.29, 1.82) is 0 Å². The van der Waals surface area contributed by atoms with Gasteiger partial charge in [-0.3, -0.25) is 4.79 Å². The molecule has 0 atom stereocenters. The summed E-state index contributed by atoms with van der Waals surface area (Å²) in [6.07, 6.45) is 0. The molecule has 0 aliphatic heterocycles. The van der Waals surface area contributed by atoms with E-state index in [1.165, 1.54) is 0 Å². The summed E-state index contributed by atoms with van der Waals surface area (Å²) in [5.74, 6) is -0.833. The van der Waals surface area contributed by atoms with Gasteiger partial charge in [0.1, 0.15) is 0 Å². The summed E-state index contributed by atoms with van der Waals surface area (Å²) >= 11 is -3.19. The van der Waals surface area contributed by atoms with Crippen LogP contribution in [-0.4, -0.2) is 39.0 Å². The topological polar surface area (TPSA) is 98.0 Å². The van der Waals surface area contributed by atoms with Crippen LogP contribution in [0.4, 0.5) is 0 Å². The molecular formula is C2H7AsCu2O5. The first-order valence-corrected chi connectivity index (χ1v) is 4.05. The fourth-order valence-corrected chi connectivity index (χ4v) is 0. The molecule has 0 aromatic rings. The molecule has 0 heterocycles. The molecule has 0 fully saturated rings. The smallest absolute Gasteiger partial charge is 0 e. The predicted molar refractivity (Wildman–Crippen MR) is 25.7 cm³/mol. The number of hydrogen-bond donors (Lipinski definition) is 4. The molecule has 0 saturated carbocycles. The third kappa shape index (κ3) is 630. The van der Waals surface area contributed by atoms with Crippen LogP contribution < -0.4 is 0 Å². The Morgan fingerprint density at radius 3 is 1.20 bits per heavy atom. The molecule has 0 rings (SSSR count). The fourth-order valence-electron chi connectivity index (χ4n) is 0.